The third-order valence-corrected chi connectivity index (χ3v) is 9.16. The highest BCUT2D eigenvalue weighted by Gasteiger charge is 2.19. The van der Waals surface area contributed by atoms with Crippen LogP contribution in [-0.2, 0) is 0 Å². The highest BCUT2D eigenvalue weighted by molar-refractivity contribution is 7.26. The minimum atomic E-state index is 1.25. The summed E-state index contributed by atoms with van der Waals surface area (Å²) in [5.74, 6) is 0. The number of benzene rings is 7. The first-order valence-corrected chi connectivity index (χ1v) is 14.2. The van der Waals surface area contributed by atoms with E-state index in [0.717, 1.165) is 0 Å². The summed E-state index contributed by atoms with van der Waals surface area (Å²) in [6.07, 6.45) is 0. The lowest BCUT2D eigenvalue weighted by Gasteiger charge is -2.18. The third-order valence-electron chi connectivity index (χ3n) is 7.87. The normalized spacial score (nSPS) is 11.6. The van der Waals surface area contributed by atoms with Crippen molar-refractivity contribution in [3.05, 3.63) is 146 Å². The molecule has 1 aromatic heterocycles. The van der Waals surface area contributed by atoms with Gasteiger partial charge in [0.2, 0.25) is 0 Å². The van der Waals surface area contributed by atoms with Crippen LogP contribution in [0.3, 0.4) is 0 Å². The first kappa shape index (κ1) is 22.3. The largest absolute Gasteiger partial charge is 0.134 e. The topological polar surface area (TPSA) is 0 Å². The van der Waals surface area contributed by atoms with Gasteiger partial charge in [0.25, 0.3) is 0 Å². The van der Waals surface area contributed by atoms with Crippen molar-refractivity contribution in [2.45, 2.75) is 0 Å². The first-order chi connectivity index (χ1) is 19.4. The zero-order valence-electron chi connectivity index (χ0n) is 21.3. The molecule has 7 aromatic carbocycles. The van der Waals surface area contributed by atoms with Crippen molar-refractivity contribution in [1.29, 1.82) is 0 Å². The Hall–Kier alpha value is -4.72. The molecule has 0 amide bonds. The van der Waals surface area contributed by atoms with Crippen LogP contribution < -0.4 is 0 Å². The number of rotatable bonds is 3. The molecule has 0 bridgehead atoms. The second kappa shape index (κ2) is 8.94. The van der Waals surface area contributed by atoms with E-state index in [9.17, 15) is 0 Å². The summed E-state index contributed by atoms with van der Waals surface area (Å²) in [7, 11) is 0. The molecule has 0 radical (unpaired) electrons. The summed E-state index contributed by atoms with van der Waals surface area (Å²) in [5.41, 5.74) is 7.75. The van der Waals surface area contributed by atoms with Gasteiger partial charge in [-0.3, -0.25) is 0 Å². The van der Waals surface area contributed by atoms with Gasteiger partial charge in [-0.25, -0.2) is 0 Å². The van der Waals surface area contributed by atoms with Crippen LogP contribution >= 0.6 is 11.3 Å². The summed E-state index contributed by atoms with van der Waals surface area (Å²) in [6, 6.07) is 53.0. The van der Waals surface area contributed by atoms with Gasteiger partial charge in [0.1, 0.15) is 0 Å². The molecule has 0 atom stereocenters. The molecule has 0 nitrogen and oxygen atoms in total. The Balaban J connectivity index is 1.51. The average Bonchev–Trinajstić information content (AvgIpc) is 3.40. The van der Waals surface area contributed by atoms with Crippen molar-refractivity contribution in [3.63, 3.8) is 0 Å². The van der Waals surface area contributed by atoms with Gasteiger partial charge < -0.3 is 0 Å². The Labute approximate surface area is 231 Å². The van der Waals surface area contributed by atoms with E-state index < -0.39 is 0 Å². The average molecular weight is 513 g/mol. The second-order valence-electron chi connectivity index (χ2n) is 10.0. The van der Waals surface area contributed by atoms with Crippen molar-refractivity contribution in [1.82, 2.24) is 0 Å². The maximum absolute atomic E-state index is 2.32. The molecular weight excluding hydrogens is 488 g/mol. The number of thiophene rings is 1. The standard InChI is InChI=1S/C38H24S/c1-3-13-25(14-4-1)27-21-11-22-32-33-23-12-24-34(38(33)39-37(27)32)36-30-19-9-7-17-28(30)35(26-15-5-2-6-16-26)29-18-8-10-20-31(29)36/h1-24H. The smallest absolute Gasteiger partial charge is 0.0434 e. The number of fused-ring (bicyclic) bond motifs is 5. The van der Waals surface area contributed by atoms with Crippen LogP contribution in [-0.4, -0.2) is 0 Å². The molecule has 182 valence electrons. The van der Waals surface area contributed by atoms with E-state index in [0.29, 0.717) is 0 Å². The fourth-order valence-corrected chi connectivity index (χ4v) is 7.55. The van der Waals surface area contributed by atoms with E-state index in [1.165, 1.54) is 75.1 Å². The molecule has 0 unspecified atom stereocenters. The maximum atomic E-state index is 2.32. The van der Waals surface area contributed by atoms with Crippen LogP contribution in [0.15, 0.2) is 146 Å². The molecule has 0 aliphatic heterocycles. The fraction of sp³-hybridized carbons (Fsp3) is 0. The van der Waals surface area contributed by atoms with Crippen LogP contribution in [0.2, 0.25) is 0 Å². The molecule has 1 heterocycles. The quantitative estimate of drug-likeness (QED) is 0.207. The zero-order chi connectivity index (χ0) is 25.8. The monoisotopic (exact) mass is 512 g/mol. The van der Waals surface area contributed by atoms with Crippen LogP contribution in [0.1, 0.15) is 0 Å². The van der Waals surface area contributed by atoms with Gasteiger partial charge in [-0.15, -0.1) is 11.3 Å². The van der Waals surface area contributed by atoms with Gasteiger partial charge in [-0.1, -0.05) is 146 Å². The highest BCUT2D eigenvalue weighted by atomic mass is 32.1. The molecule has 0 spiro atoms. The molecule has 1 heteroatoms. The second-order valence-corrected chi connectivity index (χ2v) is 11.1. The van der Waals surface area contributed by atoms with Gasteiger partial charge in [0.05, 0.1) is 0 Å². The van der Waals surface area contributed by atoms with Gasteiger partial charge >= 0.3 is 0 Å². The van der Waals surface area contributed by atoms with E-state index in [4.69, 9.17) is 0 Å². The molecule has 0 fully saturated rings. The minimum Gasteiger partial charge on any atom is -0.134 e. The Morgan fingerprint density at radius 2 is 0.692 bits per heavy atom. The zero-order valence-corrected chi connectivity index (χ0v) is 22.1. The summed E-state index contributed by atoms with van der Waals surface area (Å²) in [5, 5.41) is 7.82. The van der Waals surface area contributed by atoms with E-state index in [1.54, 1.807) is 0 Å². The molecule has 0 aliphatic carbocycles. The van der Waals surface area contributed by atoms with Gasteiger partial charge in [-0.2, -0.15) is 0 Å². The Morgan fingerprint density at radius 1 is 0.282 bits per heavy atom. The molecule has 8 rings (SSSR count). The first-order valence-electron chi connectivity index (χ1n) is 13.4. The van der Waals surface area contributed by atoms with E-state index >= 15 is 0 Å². The Bertz CT molecular complexity index is 2090. The summed E-state index contributed by atoms with van der Waals surface area (Å²) < 4.78 is 2.69. The summed E-state index contributed by atoms with van der Waals surface area (Å²) in [4.78, 5) is 0. The SMILES string of the molecule is c1ccc(-c2c3ccccc3c(-c3cccc4c3sc3c(-c5ccccc5)cccc34)c3ccccc23)cc1. The van der Waals surface area contributed by atoms with Crippen LogP contribution in [0.5, 0.6) is 0 Å². The van der Waals surface area contributed by atoms with Crippen molar-refractivity contribution in [2.75, 3.05) is 0 Å². The van der Waals surface area contributed by atoms with Crippen LogP contribution in [0, 0.1) is 0 Å². The Kier molecular flexibility index (Phi) is 5.11. The van der Waals surface area contributed by atoms with E-state index in [2.05, 4.69) is 146 Å². The van der Waals surface area contributed by atoms with Crippen LogP contribution in [0.25, 0.3) is 75.1 Å². The van der Waals surface area contributed by atoms with E-state index in [-0.39, 0.29) is 0 Å². The lowest BCUT2D eigenvalue weighted by molar-refractivity contribution is 1.67. The molecule has 39 heavy (non-hydrogen) atoms. The van der Waals surface area contributed by atoms with Crippen LogP contribution in [0.4, 0.5) is 0 Å². The maximum Gasteiger partial charge on any atom is 0.0434 e. The number of hydrogen-bond acceptors (Lipinski definition) is 1. The van der Waals surface area contributed by atoms with Crippen molar-refractivity contribution in [3.8, 4) is 33.4 Å². The predicted octanol–water partition coefficient (Wildman–Crippen LogP) is 11.4. The van der Waals surface area contributed by atoms with Gasteiger partial charge in [-0.05, 0) is 49.4 Å². The summed E-state index contributed by atoms with van der Waals surface area (Å²) in [6.45, 7) is 0. The lowest BCUT2D eigenvalue weighted by atomic mass is 9.86. The third kappa shape index (κ3) is 3.44. The fourth-order valence-electron chi connectivity index (χ4n) is 6.20. The lowest BCUT2D eigenvalue weighted by Crippen LogP contribution is -1.90. The molecule has 0 saturated heterocycles. The predicted molar refractivity (Wildman–Crippen MR) is 171 cm³/mol. The summed E-state index contributed by atoms with van der Waals surface area (Å²) >= 11 is 1.92. The molecule has 0 saturated carbocycles. The van der Waals surface area contributed by atoms with Gasteiger partial charge in [0, 0.05) is 25.7 Å². The molecule has 0 aliphatic rings. The minimum absolute atomic E-state index is 1.25. The Morgan fingerprint density at radius 3 is 1.26 bits per heavy atom. The highest BCUT2D eigenvalue weighted by Crippen LogP contribution is 2.48. The molecule has 8 aromatic rings. The molecular formula is C38H24S. The van der Waals surface area contributed by atoms with Crippen molar-refractivity contribution < 1.29 is 0 Å². The van der Waals surface area contributed by atoms with Gasteiger partial charge in [0.15, 0.2) is 0 Å². The van der Waals surface area contributed by atoms with Crippen molar-refractivity contribution in [2.24, 2.45) is 0 Å². The van der Waals surface area contributed by atoms with Crippen molar-refractivity contribution >= 4 is 53.1 Å². The molecule has 0 N–H and O–H groups in total. The number of hydrogen-bond donors (Lipinski definition) is 0. The van der Waals surface area contributed by atoms with E-state index in [1.807, 2.05) is 11.3 Å².